The molecule has 0 aromatic heterocycles. The third-order valence-electron chi connectivity index (χ3n) is 3.73. The summed E-state index contributed by atoms with van der Waals surface area (Å²) in [5.41, 5.74) is 3.23. The second-order valence-corrected chi connectivity index (χ2v) is 5.82. The molecule has 0 spiro atoms. The molecule has 132 valence electrons. The highest BCUT2D eigenvalue weighted by molar-refractivity contribution is 6.32. The highest BCUT2D eigenvalue weighted by atomic mass is 35.5. The van der Waals surface area contributed by atoms with Gasteiger partial charge < -0.3 is 9.47 Å². The van der Waals surface area contributed by atoms with Crippen LogP contribution in [0, 0.1) is 0 Å². The van der Waals surface area contributed by atoms with E-state index in [-0.39, 0.29) is 12.5 Å². The summed E-state index contributed by atoms with van der Waals surface area (Å²) in [7, 11) is 1.59. The van der Waals surface area contributed by atoms with Gasteiger partial charge in [-0.05, 0) is 29.0 Å². The lowest BCUT2D eigenvalue weighted by molar-refractivity contribution is -0.123. The van der Waals surface area contributed by atoms with Crippen LogP contribution in [-0.4, -0.2) is 25.8 Å². The Morgan fingerprint density at radius 1 is 1.08 bits per heavy atom. The van der Waals surface area contributed by atoms with Gasteiger partial charge in [0.25, 0.3) is 5.91 Å². The Morgan fingerprint density at radius 3 is 2.65 bits per heavy atom. The first-order chi connectivity index (χ1) is 12.7. The van der Waals surface area contributed by atoms with Crippen LogP contribution in [0.3, 0.4) is 0 Å². The molecule has 0 aliphatic heterocycles. The van der Waals surface area contributed by atoms with E-state index in [2.05, 4.69) is 10.5 Å². The van der Waals surface area contributed by atoms with Gasteiger partial charge in [0.05, 0.1) is 18.3 Å². The quantitative estimate of drug-likeness (QED) is 0.528. The highest BCUT2D eigenvalue weighted by Gasteiger charge is 2.07. The number of ether oxygens (including phenoxy) is 2. The number of carbonyl (C=O) groups is 1. The van der Waals surface area contributed by atoms with E-state index in [1.54, 1.807) is 37.6 Å². The maximum atomic E-state index is 11.9. The molecule has 0 aliphatic carbocycles. The number of hydrazone groups is 1. The minimum atomic E-state index is -0.389. The fourth-order valence-corrected chi connectivity index (χ4v) is 2.68. The zero-order valence-electron chi connectivity index (χ0n) is 14.1. The number of benzene rings is 3. The summed E-state index contributed by atoms with van der Waals surface area (Å²) >= 11 is 5.98. The molecule has 1 N–H and O–H groups in total. The third-order valence-corrected chi connectivity index (χ3v) is 4.04. The van der Waals surface area contributed by atoms with Crippen LogP contribution in [0.15, 0.2) is 65.8 Å². The van der Waals surface area contributed by atoms with Crippen molar-refractivity contribution in [3.05, 3.63) is 71.2 Å². The number of hydrogen-bond acceptors (Lipinski definition) is 4. The number of para-hydroxylation sites is 1. The zero-order chi connectivity index (χ0) is 18.4. The van der Waals surface area contributed by atoms with Crippen LogP contribution in [0.2, 0.25) is 5.02 Å². The molecule has 0 aliphatic rings. The van der Waals surface area contributed by atoms with Crippen molar-refractivity contribution in [1.82, 2.24) is 5.43 Å². The normalized spacial score (nSPS) is 10.8. The topological polar surface area (TPSA) is 59.9 Å². The molecule has 0 atom stereocenters. The summed E-state index contributed by atoms with van der Waals surface area (Å²) in [4.78, 5) is 11.9. The lowest BCUT2D eigenvalue weighted by Crippen LogP contribution is -2.24. The molecule has 6 heteroatoms. The van der Waals surface area contributed by atoms with E-state index in [4.69, 9.17) is 21.1 Å². The van der Waals surface area contributed by atoms with Gasteiger partial charge in [0.15, 0.2) is 6.61 Å². The zero-order valence-corrected chi connectivity index (χ0v) is 14.9. The van der Waals surface area contributed by atoms with E-state index in [0.29, 0.717) is 16.5 Å². The Morgan fingerprint density at radius 2 is 1.85 bits per heavy atom. The Kier molecular flexibility index (Phi) is 5.71. The van der Waals surface area contributed by atoms with Gasteiger partial charge in [-0.15, -0.1) is 0 Å². The molecule has 26 heavy (non-hydrogen) atoms. The van der Waals surface area contributed by atoms with Gasteiger partial charge in [-0.3, -0.25) is 4.79 Å². The Hall–Kier alpha value is -3.05. The largest absolute Gasteiger partial charge is 0.496 e. The first kappa shape index (κ1) is 17.8. The number of carbonyl (C=O) groups excluding carboxylic acids is 1. The third kappa shape index (κ3) is 4.13. The maximum absolute atomic E-state index is 11.9. The molecule has 0 unspecified atom stereocenters. The van der Waals surface area contributed by atoms with Crippen molar-refractivity contribution in [1.29, 1.82) is 0 Å². The first-order valence-corrected chi connectivity index (χ1v) is 8.32. The molecule has 0 radical (unpaired) electrons. The standard InChI is InChI=1S/C20H17ClN2O3/c1-25-18-11-10-14-6-2-3-7-15(14)16(18)12-22-23-20(24)13-26-19-9-5-4-8-17(19)21/h2-12H,13H2,1H3,(H,23,24)/b22-12+. The van der Waals surface area contributed by atoms with E-state index in [0.717, 1.165) is 16.3 Å². The fraction of sp³-hybridized carbons (Fsp3) is 0.100. The molecule has 3 aromatic rings. The van der Waals surface area contributed by atoms with E-state index in [1.165, 1.54) is 0 Å². The number of nitrogens with zero attached hydrogens (tertiary/aromatic N) is 1. The fourth-order valence-electron chi connectivity index (χ4n) is 2.49. The van der Waals surface area contributed by atoms with Gasteiger partial charge in [0, 0.05) is 5.56 Å². The van der Waals surface area contributed by atoms with Crippen LogP contribution >= 0.6 is 11.6 Å². The van der Waals surface area contributed by atoms with Crippen LogP contribution in [0.5, 0.6) is 11.5 Å². The van der Waals surface area contributed by atoms with Crippen molar-refractivity contribution in [3.63, 3.8) is 0 Å². The molecule has 0 heterocycles. The number of nitrogens with one attached hydrogen (secondary N) is 1. The molecule has 0 saturated heterocycles. The Labute approximate surface area is 156 Å². The maximum Gasteiger partial charge on any atom is 0.277 e. The lowest BCUT2D eigenvalue weighted by atomic mass is 10.0. The van der Waals surface area contributed by atoms with Crippen molar-refractivity contribution < 1.29 is 14.3 Å². The SMILES string of the molecule is COc1ccc2ccccc2c1/C=N/NC(=O)COc1ccccc1Cl. The van der Waals surface area contributed by atoms with Crippen LogP contribution in [0.25, 0.3) is 10.8 Å². The predicted octanol–water partition coefficient (Wildman–Crippen LogP) is 4.03. The second-order valence-electron chi connectivity index (χ2n) is 5.41. The van der Waals surface area contributed by atoms with Crippen LogP contribution in [0.4, 0.5) is 0 Å². The number of amides is 1. The molecule has 3 aromatic carbocycles. The number of fused-ring (bicyclic) bond motifs is 1. The van der Waals surface area contributed by atoms with Crippen molar-refractivity contribution >= 4 is 34.5 Å². The molecule has 0 saturated carbocycles. The van der Waals surface area contributed by atoms with Gasteiger partial charge in [0.1, 0.15) is 11.5 Å². The summed E-state index contributed by atoms with van der Waals surface area (Å²) in [6.07, 6.45) is 1.56. The van der Waals surface area contributed by atoms with Gasteiger partial charge >= 0.3 is 0 Å². The lowest BCUT2D eigenvalue weighted by Gasteiger charge is -2.09. The molecular formula is C20H17ClN2O3. The first-order valence-electron chi connectivity index (χ1n) is 7.94. The van der Waals surface area contributed by atoms with E-state index in [1.807, 2.05) is 36.4 Å². The summed E-state index contributed by atoms with van der Waals surface area (Å²) < 4.78 is 10.8. The predicted molar refractivity (Wildman–Crippen MR) is 103 cm³/mol. The van der Waals surface area contributed by atoms with Crippen LogP contribution in [0.1, 0.15) is 5.56 Å². The highest BCUT2D eigenvalue weighted by Crippen LogP contribution is 2.26. The summed E-state index contributed by atoms with van der Waals surface area (Å²) in [5.74, 6) is 0.735. The minimum absolute atomic E-state index is 0.187. The summed E-state index contributed by atoms with van der Waals surface area (Å²) in [6, 6.07) is 18.7. The van der Waals surface area contributed by atoms with Gasteiger partial charge in [0.2, 0.25) is 0 Å². The molecule has 0 bridgehead atoms. The number of rotatable bonds is 6. The van der Waals surface area contributed by atoms with Crippen molar-refractivity contribution in [3.8, 4) is 11.5 Å². The van der Waals surface area contributed by atoms with Gasteiger partial charge in [-0.1, -0.05) is 54.1 Å². The number of halogens is 1. The van der Waals surface area contributed by atoms with Crippen LogP contribution < -0.4 is 14.9 Å². The van der Waals surface area contributed by atoms with Crippen LogP contribution in [-0.2, 0) is 4.79 Å². The van der Waals surface area contributed by atoms with Gasteiger partial charge in [-0.25, -0.2) is 5.43 Å². The average molecular weight is 369 g/mol. The monoisotopic (exact) mass is 368 g/mol. The van der Waals surface area contributed by atoms with E-state index in [9.17, 15) is 4.79 Å². The molecule has 0 fully saturated rings. The molecular weight excluding hydrogens is 352 g/mol. The Bertz CT molecular complexity index is 957. The smallest absolute Gasteiger partial charge is 0.277 e. The molecule has 3 rings (SSSR count). The number of hydrogen-bond donors (Lipinski definition) is 1. The van der Waals surface area contributed by atoms with Gasteiger partial charge in [-0.2, -0.15) is 5.10 Å². The van der Waals surface area contributed by atoms with Crippen molar-refractivity contribution in [2.75, 3.05) is 13.7 Å². The molecule has 1 amide bonds. The minimum Gasteiger partial charge on any atom is -0.496 e. The molecule has 5 nitrogen and oxygen atoms in total. The summed E-state index contributed by atoms with van der Waals surface area (Å²) in [5, 5.41) is 6.51. The average Bonchev–Trinajstić information content (AvgIpc) is 2.67. The van der Waals surface area contributed by atoms with Crippen molar-refractivity contribution in [2.24, 2.45) is 5.10 Å². The number of methoxy groups -OCH3 is 1. The second kappa shape index (κ2) is 8.36. The van der Waals surface area contributed by atoms with Crippen molar-refractivity contribution in [2.45, 2.75) is 0 Å². The van der Waals surface area contributed by atoms with E-state index >= 15 is 0 Å². The summed E-state index contributed by atoms with van der Waals surface area (Å²) in [6.45, 7) is -0.187. The Balaban J connectivity index is 1.68. The van der Waals surface area contributed by atoms with E-state index < -0.39 is 0 Å².